The molecule has 0 aliphatic rings. The fourth-order valence-electron chi connectivity index (χ4n) is 2.07. The van der Waals surface area contributed by atoms with E-state index in [1.165, 1.54) is 40.5 Å². The largest absolute Gasteiger partial charge is 0.484 e. The fourth-order valence-corrected chi connectivity index (χ4v) is 3.17. The summed E-state index contributed by atoms with van der Waals surface area (Å²) < 4.78 is 6.35. The third-order valence-corrected chi connectivity index (χ3v) is 5.15. The molecule has 0 saturated heterocycles. The summed E-state index contributed by atoms with van der Waals surface area (Å²) >= 11 is 4.67. The Bertz CT molecular complexity index is 960. The molecule has 0 radical (unpaired) electrons. The average molecular weight is 449 g/mol. The lowest BCUT2D eigenvalue weighted by atomic mass is 10.2. The van der Waals surface area contributed by atoms with E-state index in [4.69, 9.17) is 4.74 Å². The summed E-state index contributed by atoms with van der Waals surface area (Å²) in [6.07, 6.45) is 0. The molecule has 0 spiro atoms. The number of carbonyl (C=O) groups excluding carboxylic acids is 1. The van der Waals surface area contributed by atoms with Crippen LogP contribution in [0.1, 0.15) is 0 Å². The summed E-state index contributed by atoms with van der Waals surface area (Å²) in [6.45, 7) is -0.221. The monoisotopic (exact) mass is 448 g/mol. The maximum Gasteiger partial charge on any atom is 0.269 e. The normalized spacial score (nSPS) is 10.4. The smallest absolute Gasteiger partial charge is 0.269 e. The van der Waals surface area contributed by atoms with Crippen molar-refractivity contribution in [3.8, 4) is 16.3 Å². The van der Waals surface area contributed by atoms with E-state index in [-0.39, 0.29) is 18.2 Å². The van der Waals surface area contributed by atoms with Gasteiger partial charge in [-0.25, -0.2) is 0 Å². The van der Waals surface area contributed by atoms with E-state index in [0.717, 1.165) is 10.0 Å². The average Bonchev–Trinajstić information content (AvgIpc) is 3.16. The number of anilines is 1. The Morgan fingerprint density at radius 3 is 2.48 bits per heavy atom. The molecule has 0 aliphatic heterocycles. The second-order valence-corrected chi connectivity index (χ2v) is 7.26. The van der Waals surface area contributed by atoms with E-state index in [1.54, 1.807) is 7.05 Å². The van der Waals surface area contributed by atoms with Gasteiger partial charge in [0, 0.05) is 29.2 Å². The maximum absolute atomic E-state index is 12.3. The Kier molecular flexibility index (Phi) is 5.77. The van der Waals surface area contributed by atoms with Crippen LogP contribution in [-0.2, 0) is 4.79 Å². The minimum Gasteiger partial charge on any atom is -0.484 e. The molecule has 27 heavy (non-hydrogen) atoms. The predicted molar refractivity (Wildman–Crippen MR) is 105 cm³/mol. The fraction of sp³-hybridized carbons (Fsp3) is 0.118. The zero-order valence-corrected chi connectivity index (χ0v) is 16.4. The number of aromatic nitrogens is 2. The molecule has 0 unspecified atom stereocenters. The van der Waals surface area contributed by atoms with Crippen LogP contribution in [-0.4, -0.2) is 34.7 Å². The number of nitrogens with zero attached hydrogens (tertiary/aromatic N) is 4. The lowest BCUT2D eigenvalue weighted by Crippen LogP contribution is -2.31. The molecule has 3 aromatic rings. The Morgan fingerprint density at radius 1 is 1.19 bits per heavy atom. The van der Waals surface area contributed by atoms with Crippen LogP contribution in [0.4, 0.5) is 10.8 Å². The van der Waals surface area contributed by atoms with Gasteiger partial charge >= 0.3 is 0 Å². The number of hydrogen-bond acceptors (Lipinski definition) is 7. The molecule has 2 aromatic carbocycles. The Labute approximate surface area is 166 Å². The van der Waals surface area contributed by atoms with Crippen LogP contribution < -0.4 is 9.64 Å². The van der Waals surface area contributed by atoms with Crippen molar-refractivity contribution < 1.29 is 14.5 Å². The molecule has 138 valence electrons. The van der Waals surface area contributed by atoms with Gasteiger partial charge in [0.2, 0.25) is 5.13 Å². The lowest BCUT2D eigenvalue weighted by molar-refractivity contribution is -0.384. The summed E-state index contributed by atoms with van der Waals surface area (Å²) in [5.41, 5.74) is 0.866. The number of non-ortho nitro benzene ring substituents is 1. The Hall–Kier alpha value is -2.85. The third kappa shape index (κ3) is 4.66. The van der Waals surface area contributed by atoms with Gasteiger partial charge in [-0.1, -0.05) is 39.4 Å². The highest BCUT2D eigenvalue weighted by Gasteiger charge is 2.17. The van der Waals surface area contributed by atoms with E-state index >= 15 is 0 Å². The maximum atomic E-state index is 12.3. The van der Waals surface area contributed by atoms with Gasteiger partial charge in [-0.15, -0.1) is 10.2 Å². The van der Waals surface area contributed by atoms with Crippen molar-refractivity contribution in [1.29, 1.82) is 0 Å². The van der Waals surface area contributed by atoms with Crippen molar-refractivity contribution in [2.24, 2.45) is 0 Å². The zero-order valence-electron chi connectivity index (χ0n) is 14.0. The van der Waals surface area contributed by atoms with Crippen LogP contribution in [0.3, 0.4) is 0 Å². The standard InChI is InChI=1S/C17H13BrN4O4S/c1-21(15(23)10-26-14-8-6-13(7-9-14)22(24)25)17-20-19-16(27-17)11-2-4-12(18)5-3-11/h2-9H,10H2,1H3. The summed E-state index contributed by atoms with van der Waals surface area (Å²) in [4.78, 5) is 23.8. The highest BCUT2D eigenvalue weighted by Crippen LogP contribution is 2.29. The first-order valence-electron chi connectivity index (χ1n) is 7.67. The predicted octanol–water partition coefficient (Wildman–Crippen LogP) is 3.92. The SMILES string of the molecule is CN(C(=O)COc1ccc([N+](=O)[O-])cc1)c1nnc(-c2ccc(Br)cc2)s1. The molecule has 0 N–H and O–H groups in total. The van der Waals surface area contributed by atoms with Crippen LogP contribution in [0.2, 0.25) is 0 Å². The number of rotatable bonds is 6. The van der Waals surface area contributed by atoms with E-state index in [1.807, 2.05) is 24.3 Å². The summed E-state index contributed by atoms with van der Waals surface area (Å²) in [6, 6.07) is 13.2. The number of amides is 1. The van der Waals surface area contributed by atoms with Crippen LogP contribution in [0.25, 0.3) is 10.6 Å². The first-order chi connectivity index (χ1) is 12.9. The summed E-state index contributed by atoms with van der Waals surface area (Å²) in [5.74, 6) is 0.0574. The third-order valence-electron chi connectivity index (χ3n) is 3.58. The number of likely N-dealkylation sites (N-methyl/N-ethyl adjacent to an activating group) is 1. The summed E-state index contributed by atoms with van der Waals surface area (Å²) in [5, 5.41) is 20.0. The second kappa shape index (κ2) is 8.23. The Morgan fingerprint density at radius 2 is 1.85 bits per heavy atom. The van der Waals surface area contributed by atoms with Crippen LogP contribution in [0.15, 0.2) is 53.0 Å². The molecule has 0 saturated carbocycles. The van der Waals surface area contributed by atoms with Gasteiger partial charge in [0.05, 0.1) is 4.92 Å². The van der Waals surface area contributed by atoms with Crippen LogP contribution >= 0.6 is 27.3 Å². The Balaban J connectivity index is 1.62. The molecule has 0 fully saturated rings. The number of ether oxygens (including phenoxy) is 1. The molecule has 8 nitrogen and oxygen atoms in total. The zero-order chi connectivity index (χ0) is 19.4. The van der Waals surface area contributed by atoms with Crippen molar-refractivity contribution in [2.75, 3.05) is 18.6 Å². The number of hydrogen-bond donors (Lipinski definition) is 0. The second-order valence-electron chi connectivity index (χ2n) is 5.39. The highest BCUT2D eigenvalue weighted by atomic mass is 79.9. The topological polar surface area (TPSA) is 98.5 Å². The first kappa shape index (κ1) is 18.9. The van der Waals surface area contributed by atoms with E-state index in [9.17, 15) is 14.9 Å². The molecule has 0 atom stereocenters. The van der Waals surface area contributed by atoms with Crippen molar-refractivity contribution in [1.82, 2.24) is 10.2 Å². The molecule has 1 amide bonds. The van der Waals surface area contributed by atoms with Gasteiger partial charge in [0.15, 0.2) is 6.61 Å². The molecule has 1 heterocycles. The van der Waals surface area contributed by atoms with Crippen molar-refractivity contribution in [2.45, 2.75) is 0 Å². The number of nitro benzene ring substituents is 1. The minimum absolute atomic E-state index is 0.0416. The molecule has 0 bridgehead atoms. The van der Waals surface area contributed by atoms with Crippen LogP contribution in [0, 0.1) is 10.1 Å². The van der Waals surface area contributed by atoms with Gasteiger partial charge in [0.1, 0.15) is 10.8 Å². The molecule has 3 rings (SSSR count). The minimum atomic E-state index is -0.499. The van der Waals surface area contributed by atoms with E-state index in [0.29, 0.717) is 15.9 Å². The highest BCUT2D eigenvalue weighted by molar-refractivity contribution is 9.10. The van der Waals surface area contributed by atoms with E-state index < -0.39 is 4.92 Å². The first-order valence-corrected chi connectivity index (χ1v) is 9.28. The van der Waals surface area contributed by atoms with Crippen molar-refractivity contribution in [3.63, 3.8) is 0 Å². The molecular weight excluding hydrogens is 436 g/mol. The molecule has 10 heteroatoms. The molecular formula is C17H13BrN4O4S. The van der Waals surface area contributed by atoms with Crippen molar-refractivity contribution >= 4 is 44.0 Å². The number of halogens is 1. The number of nitro groups is 1. The quantitative estimate of drug-likeness (QED) is 0.418. The lowest BCUT2D eigenvalue weighted by Gasteiger charge is -2.13. The number of benzene rings is 2. The van der Waals surface area contributed by atoms with Gasteiger partial charge in [-0.05, 0) is 24.3 Å². The van der Waals surface area contributed by atoms with Crippen LogP contribution in [0.5, 0.6) is 5.75 Å². The number of carbonyl (C=O) groups is 1. The van der Waals surface area contributed by atoms with Gasteiger partial charge in [-0.3, -0.25) is 19.8 Å². The van der Waals surface area contributed by atoms with Gasteiger partial charge in [-0.2, -0.15) is 0 Å². The van der Waals surface area contributed by atoms with Crippen molar-refractivity contribution in [3.05, 3.63) is 63.1 Å². The summed E-state index contributed by atoms with van der Waals surface area (Å²) in [7, 11) is 1.59. The van der Waals surface area contributed by atoms with Gasteiger partial charge in [0.25, 0.3) is 11.6 Å². The van der Waals surface area contributed by atoms with Gasteiger partial charge < -0.3 is 4.74 Å². The van der Waals surface area contributed by atoms with E-state index in [2.05, 4.69) is 26.1 Å². The molecule has 0 aliphatic carbocycles. The molecule has 1 aromatic heterocycles.